The molecule has 0 fully saturated rings. The number of aromatic nitrogens is 1. The first-order chi connectivity index (χ1) is 20.0. The average molecular weight is 645 g/mol. The van der Waals surface area contributed by atoms with E-state index in [1.54, 1.807) is 13.0 Å². The van der Waals surface area contributed by atoms with Crippen LogP contribution in [-0.2, 0) is 9.84 Å². The van der Waals surface area contributed by atoms with Gasteiger partial charge >= 0.3 is 6.18 Å². The first-order valence-electron chi connectivity index (χ1n) is 12.7. The Hall–Kier alpha value is -3.68. The van der Waals surface area contributed by atoms with Gasteiger partial charge in [-0.05, 0) is 66.6 Å². The summed E-state index contributed by atoms with van der Waals surface area (Å²) in [5.41, 5.74) is -4.33. The second-order valence-electron chi connectivity index (χ2n) is 9.89. The molecule has 0 aliphatic carbocycles. The molecule has 1 heterocycles. The number of hydrogen-bond acceptors (Lipinski definition) is 6. The number of sulfone groups is 1. The molecule has 1 aromatic heterocycles. The Balaban J connectivity index is 2.04. The number of benzene rings is 3. The van der Waals surface area contributed by atoms with Gasteiger partial charge in [0.2, 0.25) is 0 Å². The standard InChI is InChI=1S/C29H26ClF5N2O5S/c1-4-43(40,41)15-28(39,29(33,34)35)27(20-9-11-23(42-3)26(32)25(20)30)36-21-13-16(2)14-22-19(21)10-12-24(38)37(22)18-7-5-17(31)6-8-18/h5-14,27,36,39H,4,15H2,1-3H3/t27-,28?/m0/s1. The van der Waals surface area contributed by atoms with Gasteiger partial charge in [-0.3, -0.25) is 9.36 Å². The third kappa shape index (κ3) is 6.20. The van der Waals surface area contributed by atoms with E-state index in [-0.39, 0.29) is 22.3 Å². The van der Waals surface area contributed by atoms with Crippen LogP contribution >= 0.6 is 11.6 Å². The molecule has 43 heavy (non-hydrogen) atoms. The number of anilines is 1. The number of aliphatic hydroxyl groups is 1. The lowest BCUT2D eigenvalue weighted by molar-refractivity contribution is -0.257. The molecule has 7 nitrogen and oxygen atoms in total. The molecular formula is C29H26ClF5N2O5S. The number of methoxy groups -OCH3 is 1. The first kappa shape index (κ1) is 32.2. The number of fused-ring (bicyclic) bond motifs is 1. The minimum Gasteiger partial charge on any atom is -0.494 e. The highest BCUT2D eigenvalue weighted by Gasteiger charge is 2.61. The third-order valence-corrected chi connectivity index (χ3v) is 9.14. The van der Waals surface area contributed by atoms with Crippen molar-refractivity contribution in [2.75, 3.05) is 23.9 Å². The van der Waals surface area contributed by atoms with Gasteiger partial charge in [-0.25, -0.2) is 17.2 Å². The van der Waals surface area contributed by atoms with Crippen molar-refractivity contribution in [1.29, 1.82) is 0 Å². The topological polar surface area (TPSA) is 97.6 Å². The highest BCUT2D eigenvalue weighted by Crippen LogP contribution is 2.46. The molecular weight excluding hydrogens is 619 g/mol. The van der Waals surface area contributed by atoms with E-state index in [2.05, 4.69) is 5.32 Å². The molecule has 1 unspecified atom stereocenters. The van der Waals surface area contributed by atoms with Crippen molar-refractivity contribution in [2.45, 2.75) is 31.7 Å². The number of nitrogens with zero attached hydrogens (tertiary/aromatic N) is 1. The smallest absolute Gasteiger partial charge is 0.420 e. The fourth-order valence-electron chi connectivity index (χ4n) is 4.77. The number of rotatable bonds is 9. The zero-order valence-electron chi connectivity index (χ0n) is 23.0. The number of hydrogen-bond donors (Lipinski definition) is 2. The van der Waals surface area contributed by atoms with E-state index in [4.69, 9.17) is 16.3 Å². The van der Waals surface area contributed by atoms with Crippen molar-refractivity contribution in [3.63, 3.8) is 0 Å². The maximum absolute atomic E-state index is 15.1. The van der Waals surface area contributed by atoms with Gasteiger partial charge in [0.1, 0.15) is 5.82 Å². The van der Waals surface area contributed by atoms with Crippen molar-refractivity contribution in [2.24, 2.45) is 0 Å². The molecule has 0 radical (unpaired) electrons. The molecule has 0 saturated carbocycles. The van der Waals surface area contributed by atoms with E-state index in [9.17, 15) is 35.9 Å². The van der Waals surface area contributed by atoms with Crippen LogP contribution in [0, 0.1) is 18.6 Å². The van der Waals surface area contributed by atoms with E-state index in [1.807, 2.05) is 0 Å². The lowest BCUT2D eigenvalue weighted by Crippen LogP contribution is -2.57. The highest BCUT2D eigenvalue weighted by molar-refractivity contribution is 7.91. The summed E-state index contributed by atoms with van der Waals surface area (Å²) in [6, 6.07) is 9.98. The van der Waals surface area contributed by atoms with Crippen LogP contribution in [0.25, 0.3) is 16.6 Å². The molecule has 0 spiro atoms. The zero-order chi connectivity index (χ0) is 31.9. The SMILES string of the molecule is CCS(=O)(=O)CC(O)([C@@H](Nc1cc(C)cc2c1ccc(=O)n2-c1ccc(F)cc1)c1ccc(OC)c(F)c1Cl)C(F)(F)F. The third-order valence-electron chi connectivity index (χ3n) is 7.00. The summed E-state index contributed by atoms with van der Waals surface area (Å²) >= 11 is 6.19. The van der Waals surface area contributed by atoms with Crippen LogP contribution in [0.3, 0.4) is 0 Å². The van der Waals surface area contributed by atoms with Crippen molar-refractivity contribution in [3.8, 4) is 11.4 Å². The van der Waals surface area contributed by atoms with E-state index in [1.165, 1.54) is 28.8 Å². The summed E-state index contributed by atoms with van der Waals surface area (Å²) in [6.07, 6.45) is -5.57. The predicted octanol–water partition coefficient (Wildman–Crippen LogP) is 6.12. The molecule has 230 valence electrons. The maximum Gasteiger partial charge on any atom is 0.420 e. The number of nitrogens with one attached hydrogen (secondary N) is 1. The summed E-state index contributed by atoms with van der Waals surface area (Å²) in [5.74, 6) is -4.68. The minimum atomic E-state index is -5.57. The molecule has 0 aliphatic rings. The summed E-state index contributed by atoms with van der Waals surface area (Å²) < 4.78 is 104. The average Bonchev–Trinajstić information content (AvgIpc) is 2.93. The maximum atomic E-state index is 15.1. The number of halogens is 6. The number of ether oxygens (including phenoxy) is 1. The van der Waals surface area contributed by atoms with Gasteiger partial charge in [0, 0.05) is 28.6 Å². The van der Waals surface area contributed by atoms with Gasteiger partial charge in [0.25, 0.3) is 5.56 Å². The van der Waals surface area contributed by atoms with E-state index in [0.717, 1.165) is 44.4 Å². The predicted molar refractivity (Wildman–Crippen MR) is 154 cm³/mol. The van der Waals surface area contributed by atoms with Crippen LogP contribution < -0.4 is 15.6 Å². The van der Waals surface area contributed by atoms with Crippen molar-refractivity contribution in [3.05, 3.63) is 98.8 Å². The van der Waals surface area contributed by atoms with Crippen molar-refractivity contribution < 1.29 is 40.2 Å². The van der Waals surface area contributed by atoms with Gasteiger partial charge in [0.05, 0.1) is 29.4 Å². The van der Waals surface area contributed by atoms with Crippen LogP contribution in [0.4, 0.5) is 27.6 Å². The van der Waals surface area contributed by atoms with E-state index >= 15 is 4.39 Å². The van der Waals surface area contributed by atoms with Crippen LogP contribution in [0.1, 0.15) is 24.1 Å². The summed E-state index contributed by atoms with van der Waals surface area (Å²) in [4.78, 5) is 12.9. The normalized spacial score (nSPS) is 14.4. The number of pyridine rings is 1. The minimum absolute atomic E-state index is 0.0697. The fraction of sp³-hybridized carbons (Fsp3) is 0.276. The Kier molecular flexibility index (Phi) is 8.83. The lowest BCUT2D eigenvalue weighted by Gasteiger charge is -2.39. The Morgan fingerprint density at radius 3 is 2.28 bits per heavy atom. The van der Waals surface area contributed by atoms with Crippen molar-refractivity contribution in [1.82, 2.24) is 4.57 Å². The van der Waals surface area contributed by atoms with Gasteiger partial charge in [-0.15, -0.1) is 0 Å². The number of alkyl halides is 3. The Morgan fingerprint density at radius 1 is 1.05 bits per heavy atom. The second kappa shape index (κ2) is 11.8. The molecule has 4 rings (SSSR count). The summed E-state index contributed by atoms with van der Waals surface area (Å²) in [7, 11) is -3.38. The molecule has 4 aromatic rings. The molecule has 14 heteroatoms. The van der Waals surface area contributed by atoms with Crippen LogP contribution in [-0.4, -0.2) is 48.5 Å². The van der Waals surface area contributed by atoms with Gasteiger partial charge < -0.3 is 15.2 Å². The molecule has 2 N–H and O–H groups in total. The molecule has 3 aromatic carbocycles. The number of aryl methyl sites for hydroxylation is 1. The highest BCUT2D eigenvalue weighted by atomic mass is 35.5. The zero-order valence-corrected chi connectivity index (χ0v) is 24.5. The van der Waals surface area contributed by atoms with Crippen molar-refractivity contribution >= 4 is 38.0 Å². The van der Waals surface area contributed by atoms with Gasteiger partial charge in [-0.2, -0.15) is 13.2 Å². The molecule has 0 amide bonds. The Morgan fingerprint density at radius 2 is 1.70 bits per heavy atom. The van der Waals surface area contributed by atoms with E-state index < -0.39 is 72.7 Å². The Bertz CT molecular complexity index is 1850. The molecule has 0 saturated heterocycles. The summed E-state index contributed by atoms with van der Waals surface area (Å²) in [5, 5.41) is 13.2. The molecule has 2 atom stereocenters. The van der Waals surface area contributed by atoms with Crippen LogP contribution in [0.2, 0.25) is 5.02 Å². The van der Waals surface area contributed by atoms with Gasteiger partial charge in [0.15, 0.2) is 27.0 Å². The lowest BCUT2D eigenvalue weighted by atomic mass is 9.88. The molecule has 0 bridgehead atoms. The Labute approximate surface area is 248 Å². The first-order valence-corrected chi connectivity index (χ1v) is 14.9. The van der Waals surface area contributed by atoms with E-state index in [0.29, 0.717) is 5.56 Å². The monoisotopic (exact) mass is 644 g/mol. The quantitative estimate of drug-likeness (QED) is 0.213. The van der Waals surface area contributed by atoms with Crippen LogP contribution in [0.15, 0.2) is 65.5 Å². The second-order valence-corrected chi connectivity index (χ2v) is 12.6. The van der Waals surface area contributed by atoms with Gasteiger partial charge in [-0.1, -0.05) is 24.6 Å². The largest absolute Gasteiger partial charge is 0.494 e. The van der Waals surface area contributed by atoms with Crippen LogP contribution in [0.5, 0.6) is 5.75 Å². The summed E-state index contributed by atoms with van der Waals surface area (Å²) in [6.45, 7) is 2.71. The fourth-order valence-corrected chi connectivity index (χ4v) is 6.24. The molecule has 0 aliphatic heterocycles.